The molecule has 1 fully saturated rings. The second kappa shape index (κ2) is 6.45. The molecule has 1 aliphatic rings. The van der Waals surface area contributed by atoms with Crippen molar-refractivity contribution in [2.75, 3.05) is 18.1 Å². The molecule has 1 saturated heterocycles. The van der Waals surface area contributed by atoms with Gasteiger partial charge in [0.05, 0.1) is 16.7 Å². The van der Waals surface area contributed by atoms with E-state index in [1.54, 1.807) is 11.8 Å². The number of amides is 1. The number of aliphatic hydroxyl groups is 1. The van der Waals surface area contributed by atoms with Gasteiger partial charge in [0.1, 0.15) is 5.82 Å². The zero-order chi connectivity index (χ0) is 16.4. The molecule has 0 spiro atoms. The Balaban J connectivity index is 2.10. The van der Waals surface area contributed by atoms with E-state index < -0.39 is 34.6 Å². The summed E-state index contributed by atoms with van der Waals surface area (Å²) in [5.41, 5.74) is -3.24. The first-order valence-corrected chi connectivity index (χ1v) is 7.82. The molecule has 2 N–H and O–H groups in total. The molecular weight excluding hydrogens is 322 g/mol. The Morgan fingerprint density at radius 1 is 1.32 bits per heavy atom. The van der Waals surface area contributed by atoms with Crippen molar-refractivity contribution in [3.63, 3.8) is 0 Å². The molecule has 0 radical (unpaired) electrons. The molecule has 0 atom stereocenters. The molecule has 2 rings (SSSR count). The van der Waals surface area contributed by atoms with E-state index in [1.165, 1.54) is 0 Å². The van der Waals surface area contributed by atoms with Gasteiger partial charge in [0.25, 0.3) is 5.91 Å². The molecule has 1 aliphatic heterocycles. The highest BCUT2D eigenvalue weighted by molar-refractivity contribution is 7.99. The van der Waals surface area contributed by atoms with Gasteiger partial charge in [0.2, 0.25) is 0 Å². The van der Waals surface area contributed by atoms with Gasteiger partial charge in [-0.15, -0.1) is 0 Å². The van der Waals surface area contributed by atoms with Crippen LogP contribution in [0.15, 0.2) is 18.2 Å². The second-order valence-electron chi connectivity index (χ2n) is 5.18. The predicted molar refractivity (Wildman–Crippen MR) is 75.2 cm³/mol. The van der Waals surface area contributed by atoms with Crippen LogP contribution in [-0.2, 0) is 6.18 Å². The van der Waals surface area contributed by atoms with Crippen molar-refractivity contribution >= 4 is 17.7 Å². The van der Waals surface area contributed by atoms with Crippen LogP contribution in [0.2, 0.25) is 0 Å². The maximum absolute atomic E-state index is 13.8. The van der Waals surface area contributed by atoms with Gasteiger partial charge in [-0.2, -0.15) is 24.9 Å². The second-order valence-corrected chi connectivity index (χ2v) is 6.41. The molecule has 0 aromatic heterocycles. The number of carbonyl (C=O) groups is 1. The fraction of sp³-hybridized carbons (Fsp3) is 0.500. The first-order chi connectivity index (χ1) is 10.2. The topological polar surface area (TPSA) is 49.3 Å². The molecule has 22 heavy (non-hydrogen) atoms. The maximum Gasteiger partial charge on any atom is 0.419 e. The summed E-state index contributed by atoms with van der Waals surface area (Å²) in [6.07, 6.45) is -3.91. The molecule has 1 aromatic carbocycles. The molecule has 8 heteroatoms. The van der Waals surface area contributed by atoms with Gasteiger partial charge in [0, 0.05) is 6.54 Å². The number of benzene rings is 1. The molecule has 0 unspecified atom stereocenters. The Hall–Kier alpha value is -1.28. The maximum atomic E-state index is 13.8. The number of hydrogen-bond acceptors (Lipinski definition) is 3. The number of hydrogen-bond donors (Lipinski definition) is 2. The standard InChI is InChI=1S/C14H15F4NO2S/c15-11-9(2-1-3-10(11)14(16,17)18)12(20)19-8-13(21)4-6-22-7-5-13/h1-3,21H,4-8H2,(H,19,20). The molecular formula is C14H15F4NO2S. The first-order valence-electron chi connectivity index (χ1n) is 6.67. The number of halogens is 4. The Morgan fingerprint density at radius 3 is 2.55 bits per heavy atom. The van der Waals surface area contributed by atoms with Crippen LogP contribution in [0.25, 0.3) is 0 Å². The zero-order valence-electron chi connectivity index (χ0n) is 11.5. The molecule has 1 aromatic rings. The van der Waals surface area contributed by atoms with E-state index >= 15 is 0 Å². The highest BCUT2D eigenvalue weighted by atomic mass is 32.2. The van der Waals surface area contributed by atoms with E-state index in [-0.39, 0.29) is 6.54 Å². The van der Waals surface area contributed by atoms with Crippen LogP contribution in [0.4, 0.5) is 17.6 Å². The van der Waals surface area contributed by atoms with Gasteiger partial charge >= 0.3 is 6.18 Å². The Bertz CT molecular complexity index is 556. The van der Waals surface area contributed by atoms with E-state index in [1.807, 2.05) is 0 Å². The van der Waals surface area contributed by atoms with E-state index in [0.717, 1.165) is 23.6 Å². The van der Waals surface area contributed by atoms with Crippen LogP contribution in [0, 0.1) is 5.82 Å². The van der Waals surface area contributed by atoms with Gasteiger partial charge in [-0.25, -0.2) is 4.39 Å². The number of nitrogens with one attached hydrogen (secondary N) is 1. The van der Waals surface area contributed by atoms with Gasteiger partial charge in [-0.3, -0.25) is 4.79 Å². The van der Waals surface area contributed by atoms with Crippen LogP contribution in [0.1, 0.15) is 28.8 Å². The third kappa shape index (κ3) is 3.92. The molecule has 0 bridgehead atoms. The van der Waals surface area contributed by atoms with Gasteiger partial charge in [0.15, 0.2) is 0 Å². The number of alkyl halides is 3. The molecule has 1 heterocycles. The summed E-state index contributed by atoms with van der Waals surface area (Å²) >= 11 is 1.68. The summed E-state index contributed by atoms with van der Waals surface area (Å²) in [6, 6.07) is 2.55. The molecule has 0 aliphatic carbocycles. The lowest BCUT2D eigenvalue weighted by molar-refractivity contribution is -0.140. The first kappa shape index (κ1) is 17.1. The van der Waals surface area contributed by atoms with Crippen molar-refractivity contribution in [1.82, 2.24) is 5.32 Å². The normalized spacial score (nSPS) is 18.0. The lowest BCUT2D eigenvalue weighted by Gasteiger charge is -2.31. The number of carbonyl (C=O) groups excluding carboxylic acids is 1. The van der Waals surface area contributed by atoms with Crippen molar-refractivity contribution in [3.05, 3.63) is 35.1 Å². The van der Waals surface area contributed by atoms with E-state index in [9.17, 15) is 27.5 Å². The summed E-state index contributed by atoms with van der Waals surface area (Å²) in [7, 11) is 0. The van der Waals surface area contributed by atoms with Crippen molar-refractivity contribution in [2.45, 2.75) is 24.6 Å². The van der Waals surface area contributed by atoms with Crippen molar-refractivity contribution in [3.8, 4) is 0 Å². The Morgan fingerprint density at radius 2 is 1.95 bits per heavy atom. The van der Waals surface area contributed by atoms with Crippen molar-refractivity contribution in [1.29, 1.82) is 0 Å². The zero-order valence-corrected chi connectivity index (χ0v) is 12.4. The van der Waals surface area contributed by atoms with Gasteiger partial charge < -0.3 is 10.4 Å². The van der Waals surface area contributed by atoms with E-state index in [2.05, 4.69) is 5.32 Å². The fourth-order valence-electron chi connectivity index (χ4n) is 2.19. The Labute approximate surface area is 129 Å². The summed E-state index contributed by atoms with van der Waals surface area (Å²) in [5, 5.41) is 12.5. The minimum atomic E-state index is -4.86. The molecule has 3 nitrogen and oxygen atoms in total. The summed E-state index contributed by atoms with van der Waals surface area (Å²) < 4.78 is 51.7. The van der Waals surface area contributed by atoms with Crippen molar-refractivity contribution in [2.24, 2.45) is 0 Å². The minimum absolute atomic E-state index is 0.109. The quantitative estimate of drug-likeness (QED) is 0.834. The average molecular weight is 337 g/mol. The van der Waals surface area contributed by atoms with Crippen LogP contribution >= 0.6 is 11.8 Å². The predicted octanol–water partition coefficient (Wildman–Crippen LogP) is 2.83. The third-order valence-corrected chi connectivity index (χ3v) is 4.54. The molecule has 1 amide bonds. The lowest BCUT2D eigenvalue weighted by Crippen LogP contribution is -2.45. The monoisotopic (exact) mass is 337 g/mol. The summed E-state index contributed by atoms with van der Waals surface area (Å²) in [6.45, 7) is -0.109. The highest BCUT2D eigenvalue weighted by Gasteiger charge is 2.36. The van der Waals surface area contributed by atoms with E-state index in [4.69, 9.17) is 0 Å². The number of thioether (sulfide) groups is 1. The fourth-order valence-corrected chi connectivity index (χ4v) is 3.45. The Kier molecular flexibility index (Phi) is 5.01. The van der Waals surface area contributed by atoms with Crippen LogP contribution in [0.5, 0.6) is 0 Å². The number of rotatable bonds is 3. The van der Waals surface area contributed by atoms with Gasteiger partial charge in [-0.1, -0.05) is 6.07 Å². The summed E-state index contributed by atoms with van der Waals surface area (Å²) in [4.78, 5) is 11.9. The van der Waals surface area contributed by atoms with Crippen LogP contribution in [-0.4, -0.2) is 34.7 Å². The van der Waals surface area contributed by atoms with Crippen LogP contribution in [0.3, 0.4) is 0 Å². The van der Waals surface area contributed by atoms with Crippen LogP contribution < -0.4 is 5.32 Å². The molecule has 122 valence electrons. The lowest BCUT2D eigenvalue weighted by atomic mass is 9.96. The summed E-state index contributed by atoms with van der Waals surface area (Å²) in [5.74, 6) is -1.08. The third-order valence-electron chi connectivity index (χ3n) is 3.55. The average Bonchev–Trinajstić information content (AvgIpc) is 2.45. The smallest absolute Gasteiger partial charge is 0.388 e. The van der Waals surface area contributed by atoms with E-state index in [0.29, 0.717) is 18.9 Å². The largest absolute Gasteiger partial charge is 0.419 e. The van der Waals surface area contributed by atoms with Crippen molar-refractivity contribution < 1.29 is 27.5 Å². The highest BCUT2D eigenvalue weighted by Crippen LogP contribution is 2.32. The molecule has 0 saturated carbocycles. The SMILES string of the molecule is O=C(NCC1(O)CCSCC1)c1cccc(C(F)(F)F)c1F. The minimum Gasteiger partial charge on any atom is -0.388 e. The van der Waals surface area contributed by atoms with Gasteiger partial charge in [-0.05, 0) is 36.5 Å².